The van der Waals surface area contributed by atoms with E-state index in [0.29, 0.717) is 18.4 Å². The number of thioether (sulfide) groups is 1. The van der Waals surface area contributed by atoms with E-state index in [4.69, 9.17) is 4.74 Å². The number of para-hydroxylation sites is 1. The Morgan fingerprint density at radius 3 is 3.11 bits per heavy atom. The van der Waals surface area contributed by atoms with Gasteiger partial charge < -0.3 is 10.1 Å². The average Bonchev–Trinajstić information content (AvgIpc) is 2.79. The fourth-order valence-corrected chi connectivity index (χ4v) is 3.86. The second-order valence-electron chi connectivity index (χ2n) is 4.93. The van der Waals surface area contributed by atoms with Crippen molar-refractivity contribution in [2.75, 3.05) is 18.1 Å². The summed E-state index contributed by atoms with van der Waals surface area (Å²) < 4.78 is 19.3. The lowest BCUT2D eigenvalue weighted by molar-refractivity contribution is 0.300. The van der Waals surface area contributed by atoms with Crippen molar-refractivity contribution in [2.45, 2.75) is 31.3 Å². The molecule has 2 aliphatic heterocycles. The molecule has 1 saturated heterocycles. The molecule has 0 amide bonds. The van der Waals surface area contributed by atoms with Crippen LogP contribution in [0.5, 0.6) is 5.75 Å². The Morgan fingerprint density at radius 1 is 1.33 bits per heavy atom. The molecule has 98 valence electrons. The maximum absolute atomic E-state index is 13.8. The Morgan fingerprint density at radius 2 is 2.28 bits per heavy atom. The lowest BCUT2D eigenvalue weighted by Crippen LogP contribution is -2.32. The number of nitrogens with one attached hydrogen (secondary N) is 1. The maximum Gasteiger partial charge on any atom is 0.165 e. The fraction of sp³-hybridized carbons (Fsp3) is 0.571. The van der Waals surface area contributed by atoms with Crippen LogP contribution in [-0.2, 0) is 0 Å². The van der Waals surface area contributed by atoms with Gasteiger partial charge in [0.1, 0.15) is 0 Å². The molecular formula is C14H18FNOS. The number of benzene rings is 1. The molecular weight excluding hydrogens is 249 g/mol. The highest BCUT2D eigenvalue weighted by molar-refractivity contribution is 7.99. The third-order valence-electron chi connectivity index (χ3n) is 3.62. The van der Waals surface area contributed by atoms with E-state index in [1.807, 2.05) is 17.8 Å². The van der Waals surface area contributed by atoms with Gasteiger partial charge >= 0.3 is 0 Å². The molecule has 3 rings (SSSR count). The minimum absolute atomic E-state index is 0.234. The predicted octanol–water partition coefficient (Wildman–Crippen LogP) is 3.13. The summed E-state index contributed by atoms with van der Waals surface area (Å²) in [6.45, 7) is 0.617. The van der Waals surface area contributed by atoms with Gasteiger partial charge in [-0.3, -0.25) is 0 Å². The van der Waals surface area contributed by atoms with Crippen molar-refractivity contribution < 1.29 is 9.13 Å². The van der Waals surface area contributed by atoms with Crippen molar-refractivity contribution >= 4 is 11.8 Å². The molecule has 2 aliphatic rings. The van der Waals surface area contributed by atoms with Gasteiger partial charge in [-0.15, -0.1) is 0 Å². The highest BCUT2D eigenvalue weighted by Crippen LogP contribution is 2.34. The normalized spacial score (nSPS) is 27.4. The van der Waals surface area contributed by atoms with Crippen LogP contribution in [-0.4, -0.2) is 24.2 Å². The van der Waals surface area contributed by atoms with E-state index in [9.17, 15) is 4.39 Å². The van der Waals surface area contributed by atoms with E-state index >= 15 is 0 Å². The van der Waals surface area contributed by atoms with Crippen LogP contribution in [0.1, 0.15) is 30.9 Å². The van der Waals surface area contributed by atoms with Gasteiger partial charge in [-0.25, -0.2) is 4.39 Å². The highest BCUT2D eigenvalue weighted by Gasteiger charge is 2.25. The maximum atomic E-state index is 13.8. The second kappa shape index (κ2) is 5.49. The molecule has 1 N–H and O–H groups in total. The Hall–Kier alpha value is -0.740. The number of halogens is 1. The van der Waals surface area contributed by atoms with E-state index in [1.54, 1.807) is 6.07 Å². The van der Waals surface area contributed by atoms with Crippen molar-refractivity contribution in [3.8, 4) is 5.75 Å². The summed E-state index contributed by atoms with van der Waals surface area (Å²) >= 11 is 1.99. The molecule has 0 saturated carbocycles. The second-order valence-corrected chi connectivity index (χ2v) is 6.08. The van der Waals surface area contributed by atoms with Crippen molar-refractivity contribution in [3.63, 3.8) is 0 Å². The molecule has 2 atom stereocenters. The quantitative estimate of drug-likeness (QED) is 0.889. The number of hydrogen-bond donors (Lipinski definition) is 1. The zero-order valence-corrected chi connectivity index (χ0v) is 11.1. The summed E-state index contributed by atoms with van der Waals surface area (Å²) in [4.78, 5) is 0. The molecule has 1 aromatic rings. The Bertz CT molecular complexity index is 420. The minimum atomic E-state index is -0.234. The largest absolute Gasteiger partial charge is 0.490 e. The van der Waals surface area contributed by atoms with Crippen molar-refractivity contribution in [3.05, 3.63) is 29.6 Å². The summed E-state index contributed by atoms with van der Waals surface area (Å²) in [5.41, 5.74) is 0.990. The molecule has 0 aliphatic carbocycles. The van der Waals surface area contributed by atoms with Crippen LogP contribution in [0.4, 0.5) is 4.39 Å². The van der Waals surface area contributed by atoms with Gasteiger partial charge in [-0.2, -0.15) is 11.8 Å². The van der Waals surface area contributed by atoms with E-state index in [-0.39, 0.29) is 11.9 Å². The lowest BCUT2D eigenvalue weighted by atomic mass is 10.0. The van der Waals surface area contributed by atoms with Crippen LogP contribution in [0.2, 0.25) is 0 Å². The first-order valence-electron chi connectivity index (χ1n) is 6.59. The minimum Gasteiger partial charge on any atom is -0.490 e. The zero-order chi connectivity index (χ0) is 12.4. The molecule has 1 fully saturated rings. The van der Waals surface area contributed by atoms with Gasteiger partial charge in [0.25, 0.3) is 0 Å². The van der Waals surface area contributed by atoms with Crippen LogP contribution in [0.15, 0.2) is 18.2 Å². The van der Waals surface area contributed by atoms with E-state index in [0.717, 1.165) is 18.4 Å². The standard InChI is InChI=1S/C14H18FNOS/c15-12-4-1-3-11-13(5-2-7-17-14(11)12)16-10-6-8-18-9-10/h1,3-4,10,13,16H,2,5-9H2/t10-,13+/m1/s1. The summed E-state index contributed by atoms with van der Waals surface area (Å²) in [5.74, 6) is 2.62. The van der Waals surface area contributed by atoms with Crippen molar-refractivity contribution in [1.29, 1.82) is 0 Å². The predicted molar refractivity (Wildman–Crippen MR) is 72.7 cm³/mol. The molecule has 1 aromatic carbocycles. The SMILES string of the molecule is Fc1cccc2c1OCCC[C@@H]2N[C@@H]1CCSC1. The van der Waals surface area contributed by atoms with Gasteiger partial charge in [-0.1, -0.05) is 12.1 Å². The molecule has 4 heteroatoms. The van der Waals surface area contributed by atoms with Crippen molar-refractivity contribution in [1.82, 2.24) is 5.32 Å². The number of ether oxygens (including phenoxy) is 1. The molecule has 2 nitrogen and oxygen atoms in total. The van der Waals surface area contributed by atoms with Crippen LogP contribution < -0.4 is 10.1 Å². The van der Waals surface area contributed by atoms with E-state index in [2.05, 4.69) is 5.32 Å². The van der Waals surface area contributed by atoms with Crippen LogP contribution in [0, 0.1) is 5.82 Å². The topological polar surface area (TPSA) is 21.3 Å². The zero-order valence-electron chi connectivity index (χ0n) is 10.3. The third kappa shape index (κ3) is 2.50. The first kappa shape index (κ1) is 12.3. The smallest absolute Gasteiger partial charge is 0.165 e. The average molecular weight is 267 g/mol. The Labute approximate surface area is 111 Å². The van der Waals surface area contributed by atoms with E-state index < -0.39 is 0 Å². The highest BCUT2D eigenvalue weighted by atomic mass is 32.2. The summed E-state index contributed by atoms with van der Waals surface area (Å²) in [6, 6.07) is 6.05. The monoisotopic (exact) mass is 267 g/mol. The van der Waals surface area contributed by atoms with E-state index in [1.165, 1.54) is 24.0 Å². The summed E-state index contributed by atoms with van der Waals surface area (Å²) in [5, 5.41) is 3.67. The van der Waals surface area contributed by atoms with Gasteiger partial charge in [0.2, 0.25) is 0 Å². The molecule has 0 aromatic heterocycles. The number of rotatable bonds is 2. The van der Waals surface area contributed by atoms with Crippen molar-refractivity contribution in [2.24, 2.45) is 0 Å². The molecule has 0 bridgehead atoms. The fourth-order valence-electron chi connectivity index (χ4n) is 2.69. The lowest BCUT2D eigenvalue weighted by Gasteiger charge is -2.22. The molecule has 2 heterocycles. The summed E-state index contributed by atoms with van der Waals surface area (Å²) in [6.07, 6.45) is 3.22. The summed E-state index contributed by atoms with van der Waals surface area (Å²) in [7, 11) is 0. The van der Waals surface area contributed by atoms with Crippen LogP contribution in [0.3, 0.4) is 0 Å². The molecule has 0 unspecified atom stereocenters. The number of fused-ring (bicyclic) bond motifs is 1. The first-order valence-corrected chi connectivity index (χ1v) is 7.75. The van der Waals surface area contributed by atoms with Crippen LogP contribution >= 0.6 is 11.8 Å². The number of hydrogen-bond acceptors (Lipinski definition) is 3. The van der Waals surface area contributed by atoms with Gasteiger partial charge in [0.05, 0.1) is 6.61 Å². The molecule has 0 spiro atoms. The third-order valence-corrected chi connectivity index (χ3v) is 4.79. The Kier molecular flexibility index (Phi) is 3.75. The van der Waals surface area contributed by atoms with Crippen LogP contribution in [0.25, 0.3) is 0 Å². The van der Waals surface area contributed by atoms with Gasteiger partial charge in [0, 0.05) is 23.4 Å². The van der Waals surface area contributed by atoms with Gasteiger partial charge in [-0.05, 0) is 31.1 Å². The molecule has 18 heavy (non-hydrogen) atoms. The van der Waals surface area contributed by atoms with Gasteiger partial charge in [0.15, 0.2) is 11.6 Å². The Balaban J connectivity index is 1.84. The molecule has 0 radical (unpaired) electrons. The first-order chi connectivity index (χ1) is 8.84.